The van der Waals surface area contributed by atoms with Gasteiger partial charge in [-0.3, -0.25) is 4.79 Å². The minimum absolute atomic E-state index is 0.0168. The summed E-state index contributed by atoms with van der Waals surface area (Å²) in [5, 5.41) is 8.88. The van der Waals surface area contributed by atoms with Crippen LogP contribution in [0.3, 0.4) is 0 Å². The largest absolute Gasteiger partial charge is 0.497 e. The first kappa shape index (κ1) is 16.5. The summed E-state index contributed by atoms with van der Waals surface area (Å²) in [6, 6.07) is 4.30. The SMILES string of the molecule is CCCCNS(=O)(=O)c1ccc(OC)cc1CC(=O)O. The van der Waals surface area contributed by atoms with E-state index in [1.165, 1.54) is 25.3 Å². The van der Waals surface area contributed by atoms with Gasteiger partial charge < -0.3 is 9.84 Å². The van der Waals surface area contributed by atoms with Gasteiger partial charge in [-0.1, -0.05) is 13.3 Å². The number of carboxylic acid groups (broad SMARTS) is 1. The number of methoxy groups -OCH3 is 1. The topological polar surface area (TPSA) is 92.7 Å². The van der Waals surface area contributed by atoms with E-state index >= 15 is 0 Å². The maximum Gasteiger partial charge on any atom is 0.307 e. The zero-order valence-electron chi connectivity index (χ0n) is 11.5. The third-order valence-corrected chi connectivity index (χ3v) is 4.28. The van der Waals surface area contributed by atoms with Crippen LogP contribution in [-0.2, 0) is 21.2 Å². The molecule has 0 bridgehead atoms. The lowest BCUT2D eigenvalue weighted by Gasteiger charge is -2.11. The minimum Gasteiger partial charge on any atom is -0.497 e. The summed E-state index contributed by atoms with van der Waals surface area (Å²) in [5.74, 6) is -0.669. The van der Waals surface area contributed by atoms with Crippen molar-refractivity contribution in [3.05, 3.63) is 23.8 Å². The Morgan fingerprint density at radius 3 is 2.65 bits per heavy atom. The van der Waals surface area contributed by atoms with Gasteiger partial charge in [-0.25, -0.2) is 13.1 Å². The monoisotopic (exact) mass is 301 g/mol. The first-order chi connectivity index (χ1) is 9.40. The van der Waals surface area contributed by atoms with E-state index in [1.807, 2.05) is 6.92 Å². The molecular formula is C13H19NO5S. The molecule has 0 fully saturated rings. The molecule has 0 atom stereocenters. The van der Waals surface area contributed by atoms with Crippen molar-refractivity contribution in [3.8, 4) is 5.75 Å². The number of unbranched alkanes of at least 4 members (excludes halogenated alkanes) is 1. The maximum absolute atomic E-state index is 12.2. The van der Waals surface area contributed by atoms with Gasteiger partial charge in [0.2, 0.25) is 10.0 Å². The Labute approximate surface area is 118 Å². The Hall–Kier alpha value is -1.60. The van der Waals surface area contributed by atoms with Crippen LogP contribution in [0, 0.1) is 0 Å². The number of benzene rings is 1. The number of ether oxygens (including phenoxy) is 1. The van der Waals surface area contributed by atoms with Crippen molar-refractivity contribution >= 4 is 16.0 Å². The van der Waals surface area contributed by atoms with Crippen LogP contribution >= 0.6 is 0 Å². The van der Waals surface area contributed by atoms with Gasteiger partial charge in [-0.2, -0.15) is 0 Å². The number of aliphatic carboxylic acids is 1. The molecule has 0 aliphatic rings. The quantitative estimate of drug-likeness (QED) is 0.708. The van der Waals surface area contributed by atoms with Crippen molar-refractivity contribution in [3.63, 3.8) is 0 Å². The third-order valence-electron chi connectivity index (χ3n) is 2.72. The first-order valence-corrected chi connectivity index (χ1v) is 7.77. The number of rotatable bonds is 8. The van der Waals surface area contributed by atoms with E-state index in [-0.39, 0.29) is 16.9 Å². The summed E-state index contributed by atoms with van der Waals surface area (Å²) in [7, 11) is -2.26. The Kier molecular flexibility index (Phi) is 5.97. The van der Waals surface area contributed by atoms with E-state index in [9.17, 15) is 13.2 Å². The van der Waals surface area contributed by atoms with E-state index in [0.29, 0.717) is 12.3 Å². The average Bonchev–Trinajstić information content (AvgIpc) is 2.37. The molecule has 6 nitrogen and oxygen atoms in total. The van der Waals surface area contributed by atoms with Crippen molar-refractivity contribution in [1.29, 1.82) is 0 Å². The summed E-state index contributed by atoms with van der Waals surface area (Å²) in [4.78, 5) is 10.8. The minimum atomic E-state index is -3.70. The standard InChI is InChI=1S/C13H19NO5S/c1-3-4-7-14-20(17,18)12-6-5-11(19-2)8-10(12)9-13(15)16/h5-6,8,14H,3-4,7,9H2,1-2H3,(H,15,16). The Morgan fingerprint density at radius 1 is 1.40 bits per heavy atom. The molecule has 2 N–H and O–H groups in total. The molecule has 0 saturated carbocycles. The van der Waals surface area contributed by atoms with Crippen LogP contribution in [0.2, 0.25) is 0 Å². The molecule has 1 aromatic carbocycles. The molecule has 20 heavy (non-hydrogen) atoms. The fourth-order valence-electron chi connectivity index (χ4n) is 1.71. The van der Waals surface area contributed by atoms with Gasteiger partial charge in [0, 0.05) is 6.54 Å². The molecule has 112 valence electrons. The highest BCUT2D eigenvalue weighted by Crippen LogP contribution is 2.22. The Bertz CT molecular complexity index is 568. The number of hydrogen-bond donors (Lipinski definition) is 2. The van der Waals surface area contributed by atoms with Crippen molar-refractivity contribution < 1.29 is 23.1 Å². The van der Waals surface area contributed by atoms with Gasteiger partial charge in [0.15, 0.2) is 0 Å². The molecule has 0 aliphatic carbocycles. The summed E-state index contributed by atoms with van der Waals surface area (Å²) in [6.45, 7) is 2.29. The predicted octanol–water partition coefficient (Wildman–Crippen LogP) is 1.40. The van der Waals surface area contributed by atoms with Crippen LogP contribution in [0.15, 0.2) is 23.1 Å². The summed E-state index contributed by atoms with van der Waals surface area (Å²) in [6.07, 6.45) is 1.22. The lowest BCUT2D eigenvalue weighted by molar-refractivity contribution is -0.136. The first-order valence-electron chi connectivity index (χ1n) is 6.29. The molecule has 1 rings (SSSR count). The fraction of sp³-hybridized carbons (Fsp3) is 0.462. The van der Waals surface area contributed by atoms with Crippen LogP contribution < -0.4 is 9.46 Å². The molecule has 0 spiro atoms. The highest BCUT2D eigenvalue weighted by molar-refractivity contribution is 7.89. The second kappa shape index (κ2) is 7.25. The normalized spacial score (nSPS) is 11.3. The van der Waals surface area contributed by atoms with Gasteiger partial charge in [-0.15, -0.1) is 0 Å². The van der Waals surface area contributed by atoms with E-state index < -0.39 is 16.0 Å². The molecule has 7 heteroatoms. The molecule has 0 aromatic heterocycles. The Morgan fingerprint density at radius 2 is 2.10 bits per heavy atom. The molecule has 0 heterocycles. The van der Waals surface area contributed by atoms with E-state index in [2.05, 4.69) is 4.72 Å². The molecule has 0 radical (unpaired) electrons. The summed E-state index contributed by atoms with van der Waals surface area (Å²) < 4.78 is 31.8. The molecule has 0 amide bonds. The predicted molar refractivity (Wildman–Crippen MR) is 74.4 cm³/mol. The maximum atomic E-state index is 12.2. The molecule has 0 unspecified atom stereocenters. The second-order valence-corrected chi connectivity index (χ2v) is 6.03. The van der Waals surface area contributed by atoms with E-state index in [1.54, 1.807) is 0 Å². The highest BCUT2D eigenvalue weighted by Gasteiger charge is 2.20. The fourth-order valence-corrected chi connectivity index (χ4v) is 3.00. The number of hydrogen-bond acceptors (Lipinski definition) is 4. The Balaban J connectivity index is 3.11. The van der Waals surface area contributed by atoms with Crippen LogP contribution in [-0.4, -0.2) is 33.1 Å². The number of sulfonamides is 1. The lowest BCUT2D eigenvalue weighted by Crippen LogP contribution is -2.26. The molecule has 0 saturated heterocycles. The molecule has 1 aromatic rings. The van der Waals surface area contributed by atoms with Crippen molar-refractivity contribution in [1.82, 2.24) is 4.72 Å². The number of carbonyl (C=O) groups is 1. The third kappa shape index (κ3) is 4.50. The van der Waals surface area contributed by atoms with Crippen LogP contribution in [0.5, 0.6) is 5.75 Å². The summed E-state index contributed by atoms with van der Waals surface area (Å²) in [5.41, 5.74) is 0.209. The van der Waals surface area contributed by atoms with Crippen LogP contribution in [0.1, 0.15) is 25.3 Å². The van der Waals surface area contributed by atoms with E-state index in [4.69, 9.17) is 9.84 Å². The number of nitrogens with one attached hydrogen (secondary N) is 1. The smallest absolute Gasteiger partial charge is 0.307 e. The van der Waals surface area contributed by atoms with Crippen LogP contribution in [0.25, 0.3) is 0 Å². The van der Waals surface area contributed by atoms with Gasteiger partial charge in [0.05, 0.1) is 18.4 Å². The lowest BCUT2D eigenvalue weighted by atomic mass is 10.1. The number of carboxylic acids is 1. The highest BCUT2D eigenvalue weighted by atomic mass is 32.2. The average molecular weight is 301 g/mol. The van der Waals surface area contributed by atoms with E-state index in [0.717, 1.165) is 12.8 Å². The zero-order chi connectivity index (χ0) is 15.2. The van der Waals surface area contributed by atoms with Gasteiger partial charge in [0.1, 0.15) is 5.75 Å². The molecular weight excluding hydrogens is 282 g/mol. The second-order valence-electron chi connectivity index (χ2n) is 4.30. The molecule has 0 aliphatic heterocycles. The van der Waals surface area contributed by atoms with Gasteiger partial charge in [0.25, 0.3) is 0 Å². The van der Waals surface area contributed by atoms with Crippen molar-refractivity contribution in [2.75, 3.05) is 13.7 Å². The zero-order valence-corrected chi connectivity index (χ0v) is 12.4. The van der Waals surface area contributed by atoms with Gasteiger partial charge >= 0.3 is 5.97 Å². The summed E-state index contributed by atoms with van der Waals surface area (Å²) >= 11 is 0. The van der Waals surface area contributed by atoms with Gasteiger partial charge in [-0.05, 0) is 30.2 Å². The van der Waals surface area contributed by atoms with Crippen LogP contribution in [0.4, 0.5) is 0 Å². The van der Waals surface area contributed by atoms with Crippen molar-refractivity contribution in [2.45, 2.75) is 31.1 Å². The van der Waals surface area contributed by atoms with Crippen molar-refractivity contribution in [2.24, 2.45) is 0 Å².